The summed E-state index contributed by atoms with van der Waals surface area (Å²) in [7, 11) is 1.67. The minimum absolute atomic E-state index is 0.839. The first-order valence-electron chi connectivity index (χ1n) is 6.48. The van der Waals surface area contributed by atoms with Crippen molar-refractivity contribution in [3.63, 3.8) is 0 Å². The van der Waals surface area contributed by atoms with Crippen LogP contribution in [0.4, 0.5) is 0 Å². The van der Waals surface area contributed by atoms with Gasteiger partial charge < -0.3 is 4.74 Å². The van der Waals surface area contributed by atoms with Gasteiger partial charge in [-0.2, -0.15) is 0 Å². The zero-order chi connectivity index (χ0) is 13.9. The number of rotatable bonds is 3. The van der Waals surface area contributed by atoms with E-state index in [4.69, 9.17) is 4.74 Å². The molecule has 1 heterocycles. The number of methoxy groups -OCH3 is 1. The first-order valence-corrected chi connectivity index (χ1v) is 6.48. The second kappa shape index (κ2) is 5.17. The van der Waals surface area contributed by atoms with Crippen LogP contribution in [0.2, 0.25) is 0 Å². The molecule has 3 aromatic rings. The second-order valence-corrected chi connectivity index (χ2v) is 4.55. The molecule has 0 fully saturated rings. The molecule has 0 saturated heterocycles. The minimum atomic E-state index is 0.839. The quantitative estimate of drug-likeness (QED) is 0.690. The molecule has 0 N–H and O–H groups in total. The van der Waals surface area contributed by atoms with Gasteiger partial charge in [0.15, 0.2) is 0 Å². The van der Waals surface area contributed by atoms with E-state index in [0.29, 0.717) is 0 Å². The van der Waals surface area contributed by atoms with E-state index in [0.717, 1.165) is 33.5 Å². The fourth-order valence-corrected chi connectivity index (χ4v) is 2.31. The van der Waals surface area contributed by atoms with Crippen LogP contribution < -0.4 is 4.74 Å². The second-order valence-electron chi connectivity index (χ2n) is 4.55. The molecule has 20 heavy (non-hydrogen) atoms. The monoisotopic (exact) mass is 261 g/mol. The van der Waals surface area contributed by atoms with E-state index in [2.05, 4.69) is 29.8 Å². The van der Waals surface area contributed by atoms with E-state index < -0.39 is 0 Å². The first-order chi connectivity index (χ1) is 9.81. The molecular weight excluding hydrogens is 246 g/mol. The molecule has 2 heteroatoms. The highest BCUT2D eigenvalue weighted by atomic mass is 16.5. The third-order valence-electron chi connectivity index (χ3n) is 3.33. The van der Waals surface area contributed by atoms with Crippen LogP contribution in [-0.2, 0) is 0 Å². The van der Waals surface area contributed by atoms with Gasteiger partial charge in [0.2, 0.25) is 0 Å². The van der Waals surface area contributed by atoms with Crippen molar-refractivity contribution < 1.29 is 4.74 Å². The van der Waals surface area contributed by atoms with Crippen molar-refractivity contribution in [1.82, 2.24) is 4.98 Å². The van der Waals surface area contributed by atoms with Gasteiger partial charge in [0.05, 0.1) is 18.3 Å². The average Bonchev–Trinajstić information content (AvgIpc) is 2.53. The van der Waals surface area contributed by atoms with Gasteiger partial charge in [-0.3, -0.25) is 0 Å². The van der Waals surface area contributed by atoms with Gasteiger partial charge >= 0.3 is 0 Å². The third-order valence-corrected chi connectivity index (χ3v) is 3.33. The van der Waals surface area contributed by atoms with E-state index in [1.165, 1.54) is 0 Å². The van der Waals surface area contributed by atoms with Crippen molar-refractivity contribution in [2.24, 2.45) is 0 Å². The van der Waals surface area contributed by atoms with Crippen LogP contribution in [-0.4, -0.2) is 12.1 Å². The molecule has 2 nitrogen and oxygen atoms in total. The van der Waals surface area contributed by atoms with Crippen LogP contribution in [0.15, 0.2) is 61.2 Å². The zero-order valence-corrected chi connectivity index (χ0v) is 11.3. The lowest BCUT2D eigenvalue weighted by Crippen LogP contribution is -1.90. The first kappa shape index (κ1) is 12.4. The van der Waals surface area contributed by atoms with Crippen LogP contribution in [0.5, 0.6) is 5.75 Å². The van der Waals surface area contributed by atoms with E-state index in [9.17, 15) is 0 Å². The van der Waals surface area contributed by atoms with Crippen LogP contribution in [0, 0.1) is 0 Å². The zero-order valence-electron chi connectivity index (χ0n) is 11.3. The van der Waals surface area contributed by atoms with E-state index in [1.54, 1.807) is 13.2 Å². The number of fused-ring (bicyclic) bond motifs is 1. The fourth-order valence-electron chi connectivity index (χ4n) is 2.31. The van der Waals surface area contributed by atoms with Gasteiger partial charge in [0.25, 0.3) is 0 Å². The highest BCUT2D eigenvalue weighted by molar-refractivity contribution is 5.87. The molecule has 0 aliphatic heterocycles. The van der Waals surface area contributed by atoms with Crippen molar-refractivity contribution in [3.05, 3.63) is 66.9 Å². The van der Waals surface area contributed by atoms with Gasteiger partial charge in [-0.1, -0.05) is 36.9 Å². The summed E-state index contributed by atoms with van der Waals surface area (Å²) in [5, 5.41) is 1.12. The minimum Gasteiger partial charge on any atom is -0.497 e. The Balaban J connectivity index is 2.25. The van der Waals surface area contributed by atoms with Crippen LogP contribution in [0.1, 0.15) is 5.69 Å². The molecule has 0 amide bonds. The Morgan fingerprint density at radius 2 is 1.90 bits per heavy atom. The number of para-hydroxylation sites is 1. The Labute approximate surface area is 118 Å². The van der Waals surface area contributed by atoms with Crippen molar-refractivity contribution in [2.75, 3.05) is 7.11 Å². The highest BCUT2D eigenvalue weighted by Gasteiger charge is 2.07. The largest absolute Gasteiger partial charge is 0.497 e. The number of nitrogens with zero attached hydrogens (tertiary/aromatic N) is 1. The molecule has 0 bridgehead atoms. The number of pyridine rings is 1. The molecule has 98 valence electrons. The molecule has 0 unspecified atom stereocenters. The Hall–Kier alpha value is -2.61. The third kappa shape index (κ3) is 2.16. The van der Waals surface area contributed by atoms with Gasteiger partial charge in [-0.25, -0.2) is 4.98 Å². The van der Waals surface area contributed by atoms with E-state index >= 15 is 0 Å². The van der Waals surface area contributed by atoms with Crippen LogP contribution in [0.25, 0.3) is 28.1 Å². The molecule has 0 atom stereocenters. The summed E-state index contributed by atoms with van der Waals surface area (Å²) >= 11 is 0. The van der Waals surface area contributed by atoms with Crippen LogP contribution in [0.3, 0.4) is 0 Å². The highest BCUT2D eigenvalue weighted by Crippen LogP contribution is 2.29. The predicted molar refractivity (Wildman–Crippen MR) is 83.8 cm³/mol. The molecule has 3 rings (SSSR count). The number of hydrogen-bond donors (Lipinski definition) is 0. The normalized spacial score (nSPS) is 10.4. The van der Waals surface area contributed by atoms with Gasteiger partial charge in [-0.05, 0) is 35.9 Å². The predicted octanol–water partition coefficient (Wildman–Crippen LogP) is 4.55. The molecule has 0 spiro atoms. The molecule has 2 aromatic carbocycles. The molecule has 1 aromatic heterocycles. The molecule has 0 aliphatic carbocycles. The number of benzene rings is 2. The van der Waals surface area contributed by atoms with Crippen molar-refractivity contribution >= 4 is 17.0 Å². The number of ether oxygens (including phenoxy) is 1. The lowest BCUT2D eigenvalue weighted by atomic mass is 10.0. The Morgan fingerprint density at radius 3 is 2.70 bits per heavy atom. The molecule has 0 radical (unpaired) electrons. The maximum Gasteiger partial charge on any atom is 0.119 e. The lowest BCUT2D eigenvalue weighted by Gasteiger charge is -2.09. The summed E-state index contributed by atoms with van der Waals surface area (Å²) < 4.78 is 5.29. The summed E-state index contributed by atoms with van der Waals surface area (Å²) in [6, 6.07) is 18.2. The van der Waals surface area contributed by atoms with Gasteiger partial charge in [0, 0.05) is 10.9 Å². The smallest absolute Gasteiger partial charge is 0.119 e. The average molecular weight is 261 g/mol. The topological polar surface area (TPSA) is 22.1 Å². The van der Waals surface area contributed by atoms with Crippen molar-refractivity contribution in [2.45, 2.75) is 0 Å². The standard InChI is InChI=1S/C18H15NO/c1-3-17-16(13-8-6-9-15(11-13)20-2)12-14-7-4-5-10-18(14)19-17/h3-12H,1H2,2H3. The number of hydrogen-bond acceptors (Lipinski definition) is 2. The van der Waals surface area contributed by atoms with Crippen molar-refractivity contribution in [1.29, 1.82) is 0 Å². The summed E-state index contributed by atoms with van der Waals surface area (Å²) in [4.78, 5) is 4.67. The summed E-state index contributed by atoms with van der Waals surface area (Å²) in [5.41, 5.74) is 4.01. The maximum atomic E-state index is 5.29. The Morgan fingerprint density at radius 1 is 1.05 bits per heavy atom. The summed E-state index contributed by atoms with van der Waals surface area (Å²) in [6.45, 7) is 3.87. The molecular formula is C18H15NO. The summed E-state index contributed by atoms with van der Waals surface area (Å²) in [6.07, 6.45) is 1.79. The van der Waals surface area contributed by atoms with Crippen LogP contribution >= 0.6 is 0 Å². The van der Waals surface area contributed by atoms with E-state index in [-0.39, 0.29) is 0 Å². The molecule has 0 aliphatic rings. The SMILES string of the molecule is C=Cc1nc2ccccc2cc1-c1cccc(OC)c1. The van der Waals surface area contributed by atoms with Crippen molar-refractivity contribution in [3.8, 4) is 16.9 Å². The Bertz CT molecular complexity index is 777. The number of aromatic nitrogens is 1. The lowest BCUT2D eigenvalue weighted by molar-refractivity contribution is 0.415. The fraction of sp³-hybridized carbons (Fsp3) is 0.0556. The Kier molecular flexibility index (Phi) is 3.21. The maximum absolute atomic E-state index is 5.29. The van der Waals surface area contributed by atoms with E-state index in [1.807, 2.05) is 36.4 Å². The van der Waals surface area contributed by atoms with Gasteiger partial charge in [0.1, 0.15) is 5.75 Å². The molecule has 0 saturated carbocycles. The van der Waals surface area contributed by atoms with Gasteiger partial charge in [-0.15, -0.1) is 0 Å². The summed E-state index contributed by atoms with van der Waals surface area (Å²) in [5.74, 6) is 0.839.